The average molecular weight is 568 g/mol. The molecule has 12 nitrogen and oxygen atoms in total. The molecule has 0 amide bonds. The molecule has 3 heterocycles. The summed E-state index contributed by atoms with van der Waals surface area (Å²) in [6.07, 6.45) is -0.482. The van der Waals surface area contributed by atoms with Gasteiger partial charge in [-0.05, 0) is 45.9 Å². The van der Waals surface area contributed by atoms with Gasteiger partial charge in [0.2, 0.25) is 0 Å². The van der Waals surface area contributed by atoms with Crippen LogP contribution in [0.4, 0.5) is 5.82 Å². The summed E-state index contributed by atoms with van der Waals surface area (Å²) >= 11 is 6.76. The maximum Gasteiger partial charge on any atom is 0.459 e. The van der Waals surface area contributed by atoms with E-state index in [1.54, 1.807) is 67.9 Å². The fourth-order valence-corrected chi connectivity index (χ4v) is 5.84. The summed E-state index contributed by atoms with van der Waals surface area (Å²) in [6, 6.07) is 9.04. The normalized spacial score (nSPS) is 25.8. The number of para-hydroxylation sites is 1. The number of nitrogens with one attached hydrogen (secondary N) is 1. The number of carbonyl (C=O) groups is 1. The van der Waals surface area contributed by atoms with Gasteiger partial charge in [-0.2, -0.15) is 5.09 Å². The predicted octanol–water partition coefficient (Wildman–Crippen LogP) is 3.40. The van der Waals surface area contributed by atoms with Gasteiger partial charge in [0, 0.05) is 6.20 Å². The van der Waals surface area contributed by atoms with Gasteiger partial charge >= 0.3 is 13.7 Å². The zero-order valence-electron chi connectivity index (χ0n) is 21.4. The van der Waals surface area contributed by atoms with E-state index in [2.05, 4.69) is 15.1 Å². The van der Waals surface area contributed by atoms with Crippen molar-refractivity contribution in [2.24, 2.45) is 0 Å². The number of aliphatic hydroxyl groups is 1. The fraction of sp³-hybridized carbons (Fsp3) is 0.458. The van der Waals surface area contributed by atoms with Gasteiger partial charge in [0.25, 0.3) is 0 Å². The lowest BCUT2D eigenvalue weighted by Gasteiger charge is -2.27. The van der Waals surface area contributed by atoms with Crippen LogP contribution in [0.3, 0.4) is 0 Å². The molecule has 1 aromatic carbocycles. The zero-order valence-corrected chi connectivity index (χ0v) is 23.0. The molecule has 1 saturated heterocycles. The Morgan fingerprint density at radius 2 is 2.00 bits per heavy atom. The molecular weight excluding hydrogens is 537 g/mol. The van der Waals surface area contributed by atoms with Crippen LogP contribution in [0.5, 0.6) is 5.75 Å². The van der Waals surface area contributed by atoms with E-state index in [0.29, 0.717) is 16.9 Å². The largest absolute Gasteiger partial charge is 0.462 e. The Bertz CT molecular complexity index is 1320. The van der Waals surface area contributed by atoms with Crippen LogP contribution in [-0.2, 0) is 23.4 Å². The van der Waals surface area contributed by atoms with Gasteiger partial charge in [-0.15, -0.1) is 11.6 Å². The second kappa shape index (κ2) is 11.2. The standard InChI is InChI=1S/C24H31ClN5O7P/c1-14(2)35-22(32)15(3)29-38(33,37-16-8-6-5-7-9-16)34-12-18-19(31)24(4,25)23(36-18)30-11-10-17-20(26)27-13-28-21(17)30/h5-11,13-15,18-19,23,31H,12H2,1-4H3,(H,29,33)(H2,26,27,28)/t15?,18-,19-,23-,24-,38?/m1/s1. The van der Waals surface area contributed by atoms with Crippen molar-refractivity contribution >= 4 is 42.2 Å². The van der Waals surface area contributed by atoms with Crippen LogP contribution in [0.25, 0.3) is 11.0 Å². The van der Waals surface area contributed by atoms with Crippen LogP contribution in [0, 0.1) is 0 Å². The number of aromatic nitrogens is 3. The minimum absolute atomic E-state index is 0.247. The van der Waals surface area contributed by atoms with Gasteiger partial charge in [0.1, 0.15) is 46.7 Å². The van der Waals surface area contributed by atoms with Crippen molar-refractivity contribution in [3.05, 3.63) is 48.9 Å². The van der Waals surface area contributed by atoms with Gasteiger partial charge in [0.15, 0.2) is 6.23 Å². The summed E-state index contributed by atoms with van der Waals surface area (Å²) in [5.74, 6) is -0.0952. The molecule has 4 rings (SSSR count). The van der Waals surface area contributed by atoms with Gasteiger partial charge < -0.3 is 29.4 Å². The van der Waals surface area contributed by atoms with Crippen molar-refractivity contribution in [2.75, 3.05) is 12.3 Å². The fourth-order valence-electron chi connectivity index (χ4n) is 4.04. The molecule has 1 aliphatic heterocycles. The highest BCUT2D eigenvalue weighted by molar-refractivity contribution is 7.52. The minimum Gasteiger partial charge on any atom is -0.462 e. The van der Waals surface area contributed by atoms with E-state index in [4.69, 9.17) is 35.9 Å². The molecule has 1 aliphatic rings. The number of hydrogen-bond acceptors (Lipinski definition) is 10. The van der Waals surface area contributed by atoms with Crippen molar-refractivity contribution in [3.8, 4) is 5.75 Å². The molecule has 206 valence electrons. The molecule has 14 heteroatoms. The van der Waals surface area contributed by atoms with Crippen LogP contribution >= 0.6 is 19.3 Å². The van der Waals surface area contributed by atoms with Crippen molar-refractivity contribution in [2.45, 2.75) is 63.2 Å². The number of halogens is 1. The number of alkyl halides is 1. The number of ether oxygens (including phenoxy) is 2. The van der Waals surface area contributed by atoms with E-state index in [1.165, 1.54) is 13.3 Å². The number of aliphatic hydroxyl groups excluding tert-OH is 1. The Kier molecular flexibility index (Phi) is 8.32. The number of carbonyl (C=O) groups excluding carboxylic acids is 1. The molecule has 1 fully saturated rings. The maximum atomic E-state index is 13.8. The molecule has 0 spiro atoms. The molecule has 0 radical (unpaired) electrons. The number of hydrogen-bond donors (Lipinski definition) is 3. The van der Waals surface area contributed by atoms with Crippen LogP contribution in [0.2, 0.25) is 0 Å². The Hall–Kier alpha value is -2.73. The molecule has 2 aromatic heterocycles. The summed E-state index contributed by atoms with van der Waals surface area (Å²) < 4.78 is 38.0. The summed E-state index contributed by atoms with van der Waals surface area (Å²) in [5.41, 5.74) is 6.42. The van der Waals surface area contributed by atoms with E-state index in [0.717, 1.165) is 0 Å². The first-order valence-electron chi connectivity index (χ1n) is 12.0. The second-order valence-electron chi connectivity index (χ2n) is 9.38. The van der Waals surface area contributed by atoms with Crippen LogP contribution < -0.4 is 15.3 Å². The topological polar surface area (TPSA) is 160 Å². The number of nitrogen functional groups attached to an aromatic ring is 1. The predicted molar refractivity (Wildman–Crippen MR) is 141 cm³/mol. The molecule has 6 atom stereocenters. The summed E-state index contributed by atoms with van der Waals surface area (Å²) in [5, 5.41) is 14.2. The number of esters is 1. The van der Waals surface area contributed by atoms with Crippen molar-refractivity contribution < 1.29 is 33.0 Å². The third-order valence-electron chi connectivity index (χ3n) is 5.94. The number of benzene rings is 1. The molecule has 3 aromatic rings. The average Bonchev–Trinajstić information content (AvgIpc) is 3.37. The lowest BCUT2D eigenvalue weighted by Crippen LogP contribution is -2.40. The summed E-state index contributed by atoms with van der Waals surface area (Å²) in [7, 11) is -4.17. The van der Waals surface area contributed by atoms with Gasteiger partial charge in [-0.25, -0.2) is 14.5 Å². The molecular formula is C24H31ClN5O7P. The lowest BCUT2D eigenvalue weighted by molar-refractivity contribution is -0.149. The van der Waals surface area contributed by atoms with Gasteiger partial charge in [-0.1, -0.05) is 18.2 Å². The number of fused-ring (bicyclic) bond motifs is 1. The van der Waals surface area contributed by atoms with E-state index < -0.39 is 43.1 Å². The van der Waals surface area contributed by atoms with E-state index >= 15 is 0 Å². The highest BCUT2D eigenvalue weighted by Crippen LogP contribution is 2.48. The Labute approximate surface area is 225 Å². The van der Waals surface area contributed by atoms with Crippen LogP contribution in [0.15, 0.2) is 48.9 Å². The first-order chi connectivity index (χ1) is 17.9. The second-order valence-corrected chi connectivity index (χ2v) is 11.9. The van der Waals surface area contributed by atoms with Crippen molar-refractivity contribution in [1.82, 2.24) is 19.6 Å². The molecule has 0 saturated carbocycles. The molecule has 0 bridgehead atoms. The number of nitrogens with two attached hydrogens (primary N) is 1. The Balaban J connectivity index is 1.54. The number of nitrogens with zero attached hydrogens (tertiary/aromatic N) is 3. The molecule has 4 N–H and O–H groups in total. The van der Waals surface area contributed by atoms with Crippen LogP contribution in [0.1, 0.15) is 33.9 Å². The Morgan fingerprint density at radius 1 is 1.29 bits per heavy atom. The molecule has 2 unspecified atom stereocenters. The van der Waals surface area contributed by atoms with E-state index in [-0.39, 0.29) is 18.5 Å². The SMILES string of the molecule is CC(C)OC(=O)C(C)NP(=O)(OC[C@H]1O[C@@H](n2ccc3c(N)ncnc32)[C@](C)(Cl)[C@@H]1O)Oc1ccccc1. The lowest BCUT2D eigenvalue weighted by atomic mass is 10.0. The maximum absolute atomic E-state index is 13.8. The van der Waals surface area contributed by atoms with Crippen molar-refractivity contribution in [3.63, 3.8) is 0 Å². The third kappa shape index (κ3) is 5.96. The van der Waals surface area contributed by atoms with Gasteiger partial charge in [-0.3, -0.25) is 9.32 Å². The quantitative estimate of drug-likeness (QED) is 0.187. The third-order valence-corrected chi connectivity index (χ3v) is 8.00. The highest BCUT2D eigenvalue weighted by Gasteiger charge is 2.54. The smallest absolute Gasteiger partial charge is 0.459 e. The summed E-state index contributed by atoms with van der Waals surface area (Å²) in [4.78, 5) is 19.3. The number of anilines is 1. The van der Waals surface area contributed by atoms with Crippen molar-refractivity contribution in [1.29, 1.82) is 0 Å². The highest BCUT2D eigenvalue weighted by atomic mass is 35.5. The molecule has 0 aliphatic carbocycles. The van der Waals surface area contributed by atoms with Crippen LogP contribution in [-0.4, -0.2) is 61.4 Å². The monoisotopic (exact) mass is 567 g/mol. The minimum atomic E-state index is -4.17. The summed E-state index contributed by atoms with van der Waals surface area (Å²) in [6.45, 7) is 6.12. The van der Waals surface area contributed by atoms with E-state index in [9.17, 15) is 14.5 Å². The zero-order chi connectivity index (χ0) is 27.7. The molecule has 38 heavy (non-hydrogen) atoms. The first-order valence-corrected chi connectivity index (χ1v) is 13.9. The Morgan fingerprint density at radius 3 is 2.68 bits per heavy atom. The number of rotatable bonds is 10. The first kappa shape index (κ1) is 28.3. The van der Waals surface area contributed by atoms with E-state index in [1.807, 2.05) is 0 Å². The van der Waals surface area contributed by atoms with Gasteiger partial charge in [0.05, 0.1) is 18.1 Å².